The first-order chi connectivity index (χ1) is 8.80. The normalized spacial score (nSPS) is 11.6. The summed E-state index contributed by atoms with van der Waals surface area (Å²) in [5, 5.41) is 9.09. The molecule has 1 amide bonds. The number of halogens is 4. The number of nitrogens with zero attached hydrogens (tertiary/aromatic N) is 2. The number of nitrogens with two attached hydrogens (primary N) is 1. The van der Waals surface area contributed by atoms with Crippen molar-refractivity contribution in [3.63, 3.8) is 0 Å². The molecule has 0 saturated heterocycles. The number of H-pyrrole nitrogens is 1. The first-order valence-corrected chi connectivity index (χ1v) is 5.26. The Morgan fingerprint density at radius 3 is 2.58 bits per heavy atom. The van der Waals surface area contributed by atoms with Gasteiger partial charge in [0.2, 0.25) is 0 Å². The van der Waals surface area contributed by atoms with Crippen LogP contribution in [-0.2, 0) is 6.18 Å². The van der Waals surface area contributed by atoms with Gasteiger partial charge in [-0.15, -0.1) is 0 Å². The average molecular weight is 291 g/mol. The minimum Gasteiger partial charge on any atom is -0.364 e. The number of carbonyl (C=O) groups excluding carboxylic acids is 1. The van der Waals surface area contributed by atoms with Crippen molar-refractivity contribution in [1.29, 1.82) is 0 Å². The van der Waals surface area contributed by atoms with E-state index in [0.29, 0.717) is 0 Å². The summed E-state index contributed by atoms with van der Waals surface area (Å²) in [4.78, 5) is 11.1. The topological polar surface area (TPSA) is 84.7 Å². The van der Waals surface area contributed by atoms with Gasteiger partial charge in [0.1, 0.15) is 5.69 Å². The van der Waals surface area contributed by atoms with Gasteiger partial charge < -0.3 is 5.73 Å². The van der Waals surface area contributed by atoms with Crippen LogP contribution in [0, 0.1) is 0 Å². The van der Waals surface area contributed by atoms with Gasteiger partial charge in [0.15, 0.2) is 5.69 Å². The summed E-state index contributed by atoms with van der Waals surface area (Å²) in [5.74, 6) is -0.989. The van der Waals surface area contributed by atoms with Crippen molar-refractivity contribution in [3.8, 4) is 11.3 Å². The molecule has 0 unspecified atom stereocenters. The lowest BCUT2D eigenvalue weighted by Crippen LogP contribution is -2.14. The fourth-order valence-corrected chi connectivity index (χ4v) is 1.72. The highest BCUT2D eigenvalue weighted by molar-refractivity contribution is 6.30. The van der Waals surface area contributed by atoms with Crippen LogP contribution in [0.5, 0.6) is 0 Å². The second-order valence-electron chi connectivity index (χ2n) is 3.57. The maximum Gasteiger partial charge on any atom is 0.417 e. The molecular formula is C10H6ClF3N4O. The summed E-state index contributed by atoms with van der Waals surface area (Å²) in [6.07, 6.45) is -4.62. The lowest BCUT2D eigenvalue weighted by atomic mass is 10.0. The van der Waals surface area contributed by atoms with Crippen LogP contribution in [0.2, 0.25) is 5.02 Å². The Morgan fingerprint density at radius 1 is 1.32 bits per heavy atom. The highest BCUT2D eigenvalue weighted by atomic mass is 35.5. The van der Waals surface area contributed by atoms with Crippen molar-refractivity contribution in [2.45, 2.75) is 6.18 Å². The molecule has 0 spiro atoms. The minimum absolute atomic E-state index is 0.0708. The molecule has 3 N–H and O–H groups in total. The molecule has 0 aliphatic rings. The minimum atomic E-state index is -4.62. The highest BCUT2D eigenvalue weighted by Gasteiger charge is 2.35. The number of alkyl halides is 3. The van der Waals surface area contributed by atoms with Crippen LogP contribution >= 0.6 is 11.6 Å². The van der Waals surface area contributed by atoms with Crippen molar-refractivity contribution in [2.24, 2.45) is 5.73 Å². The summed E-state index contributed by atoms with van der Waals surface area (Å²) in [6.45, 7) is 0. The van der Waals surface area contributed by atoms with E-state index in [1.54, 1.807) is 0 Å². The van der Waals surface area contributed by atoms with Crippen molar-refractivity contribution in [3.05, 3.63) is 34.5 Å². The molecule has 1 aromatic carbocycles. The van der Waals surface area contributed by atoms with E-state index in [4.69, 9.17) is 17.3 Å². The van der Waals surface area contributed by atoms with E-state index < -0.39 is 17.6 Å². The standard InChI is InChI=1S/C10H6ClF3N4O/c11-4-1-2-6(10(12,13)14)5(3-4)7-8(9(15)19)17-18-16-7/h1-3H,(H2,15,19)(H,16,17,18). The average Bonchev–Trinajstić information content (AvgIpc) is 2.75. The third-order valence-electron chi connectivity index (χ3n) is 2.32. The molecule has 2 aromatic rings. The van der Waals surface area contributed by atoms with Gasteiger partial charge >= 0.3 is 6.18 Å². The number of carbonyl (C=O) groups is 1. The fourth-order valence-electron chi connectivity index (χ4n) is 1.55. The van der Waals surface area contributed by atoms with Crippen molar-refractivity contribution >= 4 is 17.5 Å². The number of primary amides is 1. The number of amides is 1. The zero-order chi connectivity index (χ0) is 14.2. The van der Waals surface area contributed by atoms with E-state index in [0.717, 1.165) is 18.2 Å². The Morgan fingerprint density at radius 2 is 2.00 bits per heavy atom. The molecule has 1 aromatic heterocycles. The zero-order valence-corrected chi connectivity index (χ0v) is 9.88. The Hall–Kier alpha value is -2.09. The largest absolute Gasteiger partial charge is 0.417 e. The second kappa shape index (κ2) is 4.54. The molecular weight excluding hydrogens is 285 g/mol. The van der Waals surface area contributed by atoms with Gasteiger partial charge in [0, 0.05) is 10.6 Å². The number of nitrogens with one attached hydrogen (secondary N) is 1. The predicted molar refractivity (Wildman–Crippen MR) is 60.3 cm³/mol. The number of aromatic amines is 1. The quantitative estimate of drug-likeness (QED) is 0.889. The molecule has 0 saturated carbocycles. The van der Waals surface area contributed by atoms with Gasteiger partial charge in [-0.2, -0.15) is 28.6 Å². The van der Waals surface area contributed by atoms with Crippen LogP contribution in [0.3, 0.4) is 0 Å². The molecule has 9 heteroatoms. The lowest BCUT2D eigenvalue weighted by molar-refractivity contribution is -0.137. The predicted octanol–water partition coefficient (Wildman–Crippen LogP) is 2.24. The van der Waals surface area contributed by atoms with E-state index in [-0.39, 0.29) is 22.0 Å². The molecule has 0 fully saturated rings. The van der Waals surface area contributed by atoms with Crippen LogP contribution in [0.1, 0.15) is 16.1 Å². The number of hydrogen-bond donors (Lipinski definition) is 2. The van der Waals surface area contributed by atoms with Gasteiger partial charge in [0.25, 0.3) is 5.91 Å². The van der Waals surface area contributed by atoms with Gasteiger partial charge in [0.05, 0.1) is 5.56 Å². The molecule has 0 atom stereocenters. The van der Waals surface area contributed by atoms with Crippen LogP contribution < -0.4 is 5.73 Å². The van der Waals surface area contributed by atoms with E-state index in [9.17, 15) is 18.0 Å². The third-order valence-corrected chi connectivity index (χ3v) is 2.56. The Bertz CT molecular complexity index is 638. The monoisotopic (exact) mass is 290 g/mol. The van der Waals surface area contributed by atoms with Crippen LogP contribution in [0.4, 0.5) is 13.2 Å². The first-order valence-electron chi connectivity index (χ1n) is 4.88. The summed E-state index contributed by atoms with van der Waals surface area (Å²) in [7, 11) is 0. The first kappa shape index (κ1) is 13.3. The Labute approximate surface area is 109 Å². The molecule has 100 valence electrons. The van der Waals surface area contributed by atoms with Crippen molar-refractivity contribution < 1.29 is 18.0 Å². The maximum absolute atomic E-state index is 12.9. The molecule has 0 aliphatic carbocycles. The third kappa shape index (κ3) is 2.53. The van der Waals surface area contributed by atoms with Crippen molar-refractivity contribution in [2.75, 3.05) is 0 Å². The number of hydrogen-bond acceptors (Lipinski definition) is 3. The fraction of sp³-hybridized carbons (Fsp3) is 0.100. The van der Waals surface area contributed by atoms with E-state index in [1.165, 1.54) is 0 Å². The number of rotatable bonds is 2. The zero-order valence-electron chi connectivity index (χ0n) is 9.12. The molecule has 5 nitrogen and oxygen atoms in total. The van der Waals surface area contributed by atoms with Crippen LogP contribution in [0.15, 0.2) is 18.2 Å². The maximum atomic E-state index is 12.9. The summed E-state index contributed by atoms with van der Waals surface area (Å²) >= 11 is 5.67. The molecule has 1 heterocycles. The van der Waals surface area contributed by atoms with Crippen molar-refractivity contribution in [1.82, 2.24) is 15.4 Å². The summed E-state index contributed by atoms with van der Waals surface area (Å²) in [5.41, 5.74) is 3.01. The molecule has 0 bridgehead atoms. The SMILES string of the molecule is NC(=O)c1n[nH]nc1-c1cc(Cl)ccc1C(F)(F)F. The van der Waals surface area contributed by atoms with Gasteiger partial charge in [-0.25, -0.2) is 0 Å². The van der Waals surface area contributed by atoms with Crippen LogP contribution in [0.25, 0.3) is 11.3 Å². The number of aromatic nitrogens is 3. The summed E-state index contributed by atoms with van der Waals surface area (Å²) in [6, 6.07) is 2.95. The molecule has 19 heavy (non-hydrogen) atoms. The number of benzene rings is 1. The highest BCUT2D eigenvalue weighted by Crippen LogP contribution is 2.38. The molecule has 2 rings (SSSR count). The lowest BCUT2D eigenvalue weighted by Gasteiger charge is -2.11. The molecule has 0 radical (unpaired) electrons. The smallest absolute Gasteiger partial charge is 0.364 e. The van der Waals surface area contributed by atoms with Gasteiger partial charge in [-0.1, -0.05) is 11.6 Å². The van der Waals surface area contributed by atoms with E-state index in [1.807, 2.05) is 0 Å². The van der Waals surface area contributed by atoms with E-state index >= 15 is 0 Å². The molecule has 0 aliphatic heterocycles. The van der Waals surface area contributed by atoms with Gasteiger partial charge in [-0.05, 0) is 18.2 Å². The Kier molecular flexibility index (Phi) is 3.19. The van der Waals surface area contributed by atoms with Crippen LogP contribution in [-0.4, -0.2) is 21.3 Å². The summed E-state index contributed by atoms with van der Waals surface area (Å²) < 4.78 is 38.7. The van der Waals surface area contributed by atoms with E-state index in [2.05, 4.69) is 15.4 Å². The second-order valence-corrected chi connectivity index (χ2v) is 4.01. The Balaban J connectivity index is 2.70. The van der Waals surface area contributed by atoms with Gasteiger partial charge in [-0.3, -0.25) is 4.79 Å².